The van der Waals surface area contributed by atoms with Gasteiger partial charge in [-0.25, -0.2) is 9.78 Å². The first kappa shape index (κ1) is 50.2. The van der Waals surface area contributed by atoms with E-state index in [9.17, 15) is 37.5 Å². The third kappa shape index (κ3) is 12.7. The number of ether oxygens (including phenoxy) is 3. The Bertz CT molecular complexity index is 2270. The van der Waals surface area contributed by atoms with E-state index < -0.39 is 42.2 Å². The number of rotatable bonds is 14. The van der Waals surface area contributed by atoms with E-state index in [0.717, 1.165) is 11.6 Å². The van der Waals surface area contributed by atoms with E-state index in [1.807, 2.05) is 44.4 Å². The van der Waals surface area contributed by atoms with Crippen LogP contribution in [-0.2, 0) is 19.1 Å². The Morgan fingerprint density at radius 2 is 1.62 bits per heavy atom. The van der Waals surface area contributed by atoms with Crippen LogP contribution in [0.15, 0.2) is 71.7 Å². The number of hydrogen-bond acceptors (Lipinski definition) is 11. The molecule has 19 heteroatoms. The first-order chi connectivity index (χ1) is 30.7. The number of aliphatic hydroxyl groups is 1. The van der Waals surface area contributed by atoms with E-state index in [0.29, 0.717) is 72.9 Å². The first-order valence-corrected chi connectivity index (χ1v) is 21.5. The SMILES string of the molecule is CC/C(C)=C(\N/C(CO)=C(\C)c1ccc(-c2cc(Cl)c(NC(=O)c3ccc(N4CCN(C(=O)C(C)(C)C)CC4)nc3)cc2OC(F)(F)F)cc1)C1CC(OC)CN1C(=O)CNC(=O)OC. The second-order valence-corrected chi connectivity index (χ2v) is 17.2. The maximum absolute atomic E-state index is 13.8. The summed E-state index contributed by atoms with van der Waals surface area (Å²) in [6, 6.07) is 11.5. The lowest BCUT2D eigenvalue weighted by Crippen LogP contribution is -2.51. The normalized spacial score (nSPS) is 17.5. The van der Waals surface area contributed by atoms with Crippen LogP contribution in [0.2, 0.25) is 5.02 Å². The van der Waals surface area contributed by atoms with Crippen LogP contribution < -0.4 is 25.6 Å². The van der Waals surface area contributed by atoms with Gasteiger partial charge in [0.25, 0.3) is 5.91 Å². The number of likely N-dealkylation sites (tertiary alicyclic amines) is 1. The highest BCUT2D eigenvalue weighted by atomic mass is 35.5. The lowest BCUT2D eigenvalue weighted by atomic mass is 9.94. The Hall–Kier alpha value is -5.85. The zero-order valence-electron chi connectivity index (χ0n) is 37.8. The van der Waals surface area contributed by atoms with Crippen molar-refractivity contribution >= 4 is 52.5 Å². The molecule has 3 aromatic rings. The molecular weight excluding hydrogens is 871 g/mol. The van der Waals surface area contributed by atoms with Crippen molar-refractivity contribution in [3.05, 3.63) is 87.8 Å². The number of methoxy groups -OCH3 is 2. The summed E-state index contributed by atoms with van der Waals surface area (Å²) in [4.78, 5) is 60.9. The van der Waals surface area contributed by atoms with Gasteiger partial charge in [0.1, 0.15) is 18.1 Å². The number of nitrogens with one attached hydrogen (secondary N) is 3. The molecule has 2 unspecified atom stereocenters. The van der Waals surface area contributed by atoms with Gasteiger partial charge in [0.05, 0.1) is 42.1 Å². The van der Waals surface area contributed by atoms with Gasteiger partial charge in [0.15, 0.2) is 0 Å². The summed E-state index contributed by atoms with van der Waals surface area (Å²) >= 11 is 6.60. The van der Waals surface area contributed by atoms with E-state index in [4.69, 9.17) is 16.3 Å². The Morgan fingerprint density at radius 3 is 2.17 bits per heavy atom. The second kappa shape index (κ2) is 21.4. The zero-order valence-corrected chi connectivity index (χ0v) is 38.6. The van der Waals surface area contributed by atoms with Gasteiger partial charge in [-0.15, -0.1) is 13.2 Å². The van der Waals surface area contributed by atoms with Crippen molar-refractivity contribution in [2.24, 2.45) is 5.41 Å². The van der Waals surface area contributed by atoms with E-state index in [-0.39, 0.29) is 52.8 Å². The molecule has 4 N–H and O–H groups in total. The average molecular weight is 928 g/mol. The molecule has 2 aromatic carbocycles. The minimum Gasteiger partial charge on any atom is -0.453 e. The summed E-state index contributed by atoms with van der Waals surface area (Å²) in [7, 11) is 2.76. The maximum atomic E-state index is 13.8. The van der Waals surface area contributed by atoms with E-state index >= 15 is 0 Å². The quantitative estimate of drug-likeness (QED) is 0.129. The van der Waals surface area contributed by atoms with Crippen LogP contribution in [0.4, 0.5) is 29.5 Å². The van der Waals surface area contributed by atoms with Gasteiger partial charge < -0.3 is 50.0 Å². The molecule has 0 spiro atoms. The number of amides is 4. The number of carbonyl (C=O) groups is 4. The summed E-state index contributed by atoms with van der Waals surface area (Å²) in [5, 5.41) is 19.0. The van der Waals surface area contributed by atoms with E-state index in [1.54, 1.807) is 55.3 Å². The Morgan fingerprint density at radius 1 is 0.954 bits per heavy atom. The summed E-state index contributed by atoms with van der Waals surface area (Å²) < 4.78 is 56.2. The minimum atomic E-state index is -5.08. The number of benzene rings is 2. The van der Waals surface area contributed by atoms with Crippen LogP contribution in [0.1, 0.15) is 70.3 Å². The number of halogens is 4. The molecule has 0 radical (unpaired) electrons. The molecule has 3 heterocycles. The van der Waals surface area contributed by atoms with Crippen LogP contribution in [0, 0.1) is 5.41 Å². The molecule has 2 fully saturated rings. The van der Waals surface area contributed by atoms with Crippen molar-refractivity contribution in [3.8, 4) is 16.9 Å². The highest BCUT2D eigenvalue weighted by Gasteiger charge is 2.39. The fourth-order valence-corrected chi connectivity index (χ4v) is 7.80. The van der Waals surface area contributed by atoms with Crippen molar-refractivity contribution < 1.29 is 51.7 Å². The van der Waals surface area contributed by atoms with Gasteiger partial charge in [-0.3, -0.25) is 14.4 Å². The number of anilines is 2. The molecule has 4 amide bonds. The van der Waals surface area contributed by atoms with Crippen LogP contribution in [0.5, 0.6) is 5.75 Å². The Balaban J connectivity index is 1.35. The van der Waals surface area contributed by atoms with Crippen LogP contribution in [-0.4, -0.2) is 122 Å². The number of piperazine rings is 1. The molecule has 0 saturated carbocycles. The van der Waals surface area contributed by atoms with Crippen LogP contribution in [0.3, 0.4) is 0 Å². The monoisotopic (exact) mass is 927 g/mol. The summed E-state index contributed by atoms with van der Waals surface area (Å²) in [6.07, 6.45) is -3.69. The van der Waals surface area contributed by atoms with E-state index in [1.165, 1.54) is 19.4 Å². The number of aliphatic hydroxyl groups excluding tert-OH is 1. The predicted molar refractivity (Wildman–Crippen MR) is 241 cm³/mol. The molecule has 5 rings (SSSR count). The van der Waals surface area contributed by atoms with E-state index in [2.05, 4.69) is 30.4 Å². The summed E-state index contributed by atoms with van der Waals surface area (Å²) in [5.41, 5.74) is 3.10. The summed E-state index contributed by atoms with van der Waals surface area (Å²) in [5.74, 6) is -0.941. The Labute approximate surface area is 381 Å². The average Bonchev–Trinajstić information content (AvgIpc) is 3.72. The lowest BCUT2D eigenvalue weighted by molar-refractivity contribution is -0.274. The zero-order chi connectivity index (χ0) is 47.8. The van der Waals surface area contributed by atoms with Gasteiger partial charge in [-0.05, 0) is 55.2 Å². The predicted octanol–water partition coefficient (Wildman–Crippen LogP) is 7.22. The third-order valence-corrected chi connectivity index (χ3v) is 11.7. The molecule has 2 atom stereocenters. The van der Waals surface area contributed by atoms with Crippen LogP contribution >= 0.6 is 11.6 Å². The smallest absolute Gasteiger partial charge is 0.453 e. The van der Waals surface area contributed by atoms with Crippen molar-refractivity contribution in [1.82, 2.24) is 25.4 Å². The molecule has 2 aliphatic heterocycles. The number of aromatic nitrogens is 1. The fourth-order valence-electron chi connectivity index (χ4n) is 7.59. The molecule has 352 valence electrons. The number of carbonyl (C=O) groups excluding carboxylic acids is 4. The molecule has 0 bridgehead atoms. The lowest BCUT2D eigenvalue weighted by Gasteiger charge is -2.38. The fraction of sp³-hybridized carbons (Fsp3) is 0.457. The third-order valence-electron chi connectivity index (χ3n) is 11.4. The Kier molecular flexibility index (Phi) is 16.5. The standard InChI is InChI=1S/C46H57ClF3N7O8/c1-9-27(2)41(37-20-32(63-7)25-57(37)40(59)24-52-44(62)64-8)53-36(26-58)28(3)29-10-12-30(13-11-29)33-21-34(47)35(22-38(33)65-46(48,49)50)54-42(60)31-14-15-39(51-23-31)55-16-18-56(19-17-55)43(61)45(4,5)6/h10-15,21-23,32,37,53,58H,9,16-20,24-26H2,1-8H3,(H,52,62)(H,54,60)/b36-28+,41-27-. The van der Waals surface area contributed by atoms with Gasteiger partial charge in [-0.1, -0.05) is 69.1 Å². The van der Waals surface area contributed by atoms with Crippen molar-refractivity contribution in [2.45, 2.75) is 72.9 Å². The number of hydrogen-bond donors (Lipinski definition) is 4. The maximum Gasteiger partial charge on any atom is 0.573 e. The minimum absolute atomic E-state index is 0.00139. The topological polar surface area (TPSA) is 175 Å². The van der Waals surface area contributed by atoms with Gasteiger partial charge in [0, 0.05) is 80.9 Å². The molecule has 2 aliphatic rings. The number of alkyl halides is 3. The molecular formula is C46H57ClF3N7O8. The first-order valence-electron chi connectivity index (χ1n) is 21.1. The van der Waals surface area contributed by atoms with Gasteiger partial charge in [0.2, 0.25) is 11.8 Å². The highest BCUT2D eigenvalue weighted by Crippen LogP contribution is 2.41. The van der Waals surface area contributed by atoms with Crippen LogP contribution in [0.25, 0.3) is 16.7 Å². The second-order valence-electron chi connectivity index (χ2n) is 16.8. The van der Waals surface area contributed by atoms with Crippen molar-refractivity contribution in [2.75, 3.05) is 70.3 Å². The van der Waals surface area contributed by atoms with Crippen molar-refractivity contribution in [3.63, 3.8) is 0 Å². The summed E-state index contributed by atoms with van der Waals surface area (Å²) in [6.45, 7) is 13.0. The number of nitrogens with zero attached hydrogens (tertiary/aromatic N) is 4. The molecule has 2 saturated heterocycles. The molecule has 0 aliphatic carbocycles. The van der Waals surface area contributed by atoms with Gasteiger partial charge in [-0.2, -0.15) is 0 Å². The van der Waals surface area contributed by atoms with Gasteiger partial charge >= 0.3 is 12.5 Å². The number of alkyl carbamates (subject to hydrolysis) is 1. The number of pyridine rings is 1. The molecule has 65 heavy (non-hydrogen) atoms. The molecule has 15 nitrogen and oxygen atoms in total. The number of allylic oxidation sites excluding steroid dienone is 2. The largest absolute Gasteiger partial charge is 0.573 e. The van der Waals surface area contributed by atoms with Crippen molar-refractivity contribution in [1.29, 1.82) is 0 Å². The highest BCUT2D eigenvalue weighted by molar-refractivity contribution is 6.34. The molecule has 1 aromatic heterocycles.